The summed E-state index contributed by atoms with van der Waals surface area (Å²) in [5, 5.41) is 3.38. The van der Waals surface area contributed by atoms with Crippen LogP contribution in [0.3, 0.4) is 0 Å². The van der Waals surface area contributed by atoms with Crippen molar-refractivity contribution >= 4 is 29.1 Å². The zero-order valence-corrected chi connectivity index (χ0v) is 15.9. The van der Waals surface area contributed by atoms with Gasteiger partial charge in [0.15, 0.2) is 0 Å². The fourth-order valence-electron chi connectivity index (χ4n) is 2.65. The normalized spacial score (nSPS) is 16.0. The van der Waals surface area contributed by atoms with E-state index in [-0.39, 0.29) is 17.9 Å². The lowest BCUT2D eigenvalue weighted by atomic mass is 10.2. The van der Waals surface area contributed by atoms with Crippen LogP contribution in [0.5, 0.6) is 0 Å². The zero-order chi connectivity index (χ0) is 18.4. The number of likely N-dealkylation sites (N-methyl/N-ethyl adjacent to an activating group) is 1. The fourth-order valence-corrected chi connectivity index (χ4v) is 2.83. The maximum absolute atomic E-state index is 12.2. The predicted octanol–water partition coefficient (Wildman–Crippen LogP) is 1.76. The van der Waals surface area contributed by atoms with E-state index >= 15 is 0 Å². The molecule has 1 fully saturated rings. The van der Waals surface area contributed by atoms with Gasteiger partial charge in [-0.25, -0.2) is 0 Å². The number of carbonyl (C=O) groups excluding carboxylic acids is 2. The number of benzene rings is 1. The molecule has 25 heavy (non-hydrogen) atoms. The summed E-state index contributed by atoms with van der Waals surface area (Å²) in [7, 11) is 1.84. The van der Waals surface area contributed by atoms with Gasteiger partial charge in [0, 0.05) is 39.3 Å². The van der Waals surface area contributed by atoms with Crippen molar-refractivity contribution in [2.45, 2.75) is 19.9 Å². The topological polar surface area (TPSA) is 55.9 Å². The Balaban J connectivity index is 1.74. The minimum Gasteiger partial charge on any atom is -0.342 e. The van der Waals surface area contributed by atoms with Crippen molar-refractivity contribution in [3.8, 4) is 0 Å². The molecule has 6 nitrogen and oxygen atoms in total. The number of hydrogen-bond donors (Lipinski definition) is 1. The van der Waals surface area contributed by atoms with Crippen LogP contribution in [-0.4, -0.2) is 78.9 Å². The van der Waals surface area contributed by atoms with E-state index in [4.69, 9.17) is 11.6 Å². The molecule has 1 N–H and O–H groups in total. The van der Waals surface area contributed by atoms with Crippen molar-refractivity contribution in [3.05, 3.63) is 29.3 Å². The van der Waals surface area contributed by atoms with Crippen LogP contribution in [0.15, 0.2) is 24.3 Å². The third kappa shape index (κ3) is 5.99. The molecule has 0 bridgehead atoms. The molecule has 0 spiro atoms. The van der Waals surface area contributed by atoms with Gasteiger partial charge in [0.1, 0.15) is 0 Å². The van der Waals surface area contributed by atoms with Crippen molar-refractivity contribution in [1.82, 2.24) is 14.7 Å². The molecular weight excluding hydrogens is 340 g/mol. The summed E-state index contributed by atoms with van der Waals surface area (Å²) in [4.78, 5) is 30.3. The molecule has 0 aliphatic carbocycles. The van der Waals surface area contributed by atoms with E-state index in [0.29, 0.717) is 23.8 Å². The van der Waals surface area contributed by atoms with Gasteiger partial charge in [0.25, 0.3) is 0 Å². The number of amides is 2. The number of nitrogens with zero attached hydrogens (tertiary/aromatic N) is 3. The molecule has 138 valence electrons. The largest absolute Gasteiger partial charge is 0.342 e. The smallest absolute Gasteiger partial charge is 0.238 e. The summed E-state index contributed by atoms with van der Waals surface area (Å²) in [6.07, 6.45) is 0. The second kappa shape index (κ2) is 9.17. The molecule has 1 aromatic rings. The van der Waals surface area contributed by atoms with Crippen molar-refractivity contribution in [2.24, 2.45) is 0 Å². The Kier molecular flexibility index (Phi) is 7.23. The minimum atomic E-state index is -0.0721. The van der Waals surface area contributed by atoms with E-state index in [1.54, 1.807) is 17.0 Å². The van der Waals surface area contributed by atoms with E-state index in [0.717, 1.165) is 26.2 Å². The van der Waals surface area contributed by atoms with Gasteiger partial charge >= 0.3 is 0 Å². The highest BCUT2D eigenvalue weighted by molar-refractivity contribution is 6.33. The quantitative estimate of drug-likeness (QED) is 0.833. The number of anilines is 1. The molecule has 1 aromatic carbocycles. The zero-order valence-electron chi connectivity index (χ0n) is 15.2. The molecule has 2 rings (SSSR count). The van der Waals surface area contributed by atoms with E-state index < -0.39 is 0 Å². The summed E-state index contributed by atoms with van der Waals surface area (Å²) in [6.45, 7) is 7.91. The van der Waals surface area contributed by atoms with E-state index in [2.05, 4.69) is 15.1 Å². The number of rotatable bonds is 6. The van der Waals surface area contributed by atoms with E-state index in [9.17, 15) is 9.59 Å². The monoisotopic (exact) mass is 366 g/mol. The first-order chi connectivity index (χ1) is 11.9. The molecule has 1 heterocycles. The Labute approximate surface area is 154 Å². The molecular formula is C18H27ClN4O2. The fraction of sp³-hybridized carbons (Fsp3) is 0.556. The van der Waals surface area contributed by atoms with Crippen molar-refractivity contribution < 1.29 is 9.59 Å². The Morgan fingerprint density at radius 1 is 1.12 bits per heavy atom. The number of piperazine rings is 1. The van der Waals surface area contributed by atoms with Crippen LogP contribution in [0.4, 0.5) is 5.69 Å². The van der Waals surface area contributed by atoms with Gasteiger partial charge in [-0.15, -0.1) is 0 Å². The number of carbonyl (C=O) groups is 2. The average molecular weight is 367 g/mol. The number of nitrogens with one attached hydrogen (secondary N) is 1. The lowest BCUT2D eigenvalue weighted by molar-refractivity contribution is -0.133. The van der Waals surface area contributed by atoms with Crippen LogP contribution in [0.25, 0.3) is 0 Å². The molecule has 0 saturated carbocycles. The van der Waals surface area contributed by atoms with Crippen LogP contribution in [0.1, 0.15) is 13.8 Å². The van der Waals surface area contributed by atoms with Crippen LogP contribution in [0, 0.1) is 0 Å². The van der Waals surface area contributed by atoms with Crippen molar-refractivity contribution in [2.75, 3.05) is 51.6 Å². The van der Waals surface area contributed by atoms with Crippen LogP contribution in [-0.2, 0) is 9.59 Å². The molecule has 1 saturated heterocycles. The number of halogens is 1. The SMILES string of the molecule is CC(C)N(C)C(=O)CN1CCN(CC(=O)Nc2ccccc2Cl)CC1. The highest BCUT2D eigenvalue weighted by Crippen LogP contribution is 2.20. The van der Waals surface area contributed by atoms with Gasteiger partial charge < -0.3 is 10.2 Å². The molecule has 2 amide bonds. The third-order valence-electron chi connectivity index (χ3n) is 4.51. The lowest BCUT2D eigenvalue weighted by Gasteiger charge is -2.35. The molecule has 0 aromatic heterocycles. The molecule has 0 unspecified atom stereocenters. The predicted molar refractivity (Wildman–Crippen MR) is 101 cm³/mol. The number of hydrogen-bond acceptors (Lipinski definition) is 4. The van der Waals surface area contributed by atoms with Crippen LogP contribution < -0.4 is 5.32 Å². The highest BCUT2D eigenvalue weighted by atomic mass is 35.5. The maximum atomic E-state index is 12.2. The second-order valence-electron chi connectivity index (χ2n) is 6.68. The summed E-state index contributed by atoms with van der Waals surface area (Å²) in [6, 6.07) is 7.42. The molecule has 0 atom stereocenters. The second-order valence-corrected chi connectivity index (χ2v) is 7.09. The van der Waals surface area contributed by atoms with Gasteiger partial charge in [0.2, 0.25) is 11.8 Å². The first-order valence-electron chi connectivity index (χ1n) is 8.61. The standard InChI is InChI=1S/C18H27ClN4O2/c1-14(2)21(3)18(25)13-23-10-8-22(9-11-23)12-17(24)20-16-7-5-4-6-15(16)19/h4-7,14H,8-13H2,1-3H3,(H,20,24). The Hall–Kier alpha value is -1.63. The lowest BCUT2D eigenvalue weighted by Crippen LogP contribution is -2.51. The average Bonchev–Trinajstić information content (AvgIpc) is 2.57. The Morgan fingerprint density at radius 3 is 2.24 bits per heavy atom. The Bertz CT molecular complexity index is 600. The first-order valence-corrected chi connectivity index (χ1v) is 8.99. The summed E-state index contributed by atoms with van der Waals surface area (Å²) in [5.74, 6) is 0.0667. The third-order valence-corrected chi connectivity index (χ3v) is 4.84. The van der Waals surface area contributed by atoms with Gasteiger partial charge in [0.05, 0.1) is 23.8 Å². The molecule has 7 heteroatoms. The van der Waals surface area contributed by atoms with Gasteiger partial charge in [-0.05, 0) is 26.0 Å². The van der Waals surface area contributed by atoms with Gasteiger partial charge in [-0.3, -0.25) is 19.4 Å². The van der Waals surface area contributed by atoms with E-state index in [1.165, 1.54) is 0 Å². The summed E-state index contributed by atoms with van der Waals surface area (Å²) in [5.41, 5.74) is 0.634. The van der Waals surface area contributed by atoms with Crippen LogP contribution in [0.2, 0.25) is 5.02 Å². The molecule has 1 aliphatic heterocycles. The molecule has 1 aliphatic rings. The number of para-hydroxylation sites is 1. The molecule has 0 radical (unpaired) electrons. The van der Waals surface area contributed by atoms with Gasteiger partial charge in [-0.2, -0.15) is 0 Å². The Morgan fingerprint density at radius 2 is 1.68 bits per heavy atom. The van der Waals surface area contributed by atoms with Crippen molar-refractivity contribution in [1.29, 1.82) is 0 Å². The maximum Gasteiger partial charge on any atom is 0.238 e. The van der Waals surface area contributed by atoms with Gasteiger partial charge in [-0.1, -0.05) is 23.7 Å². The summed E-state index contributed by atoms with van der Waals surface area (Å²) < 4.78 is 0. The summed E-state index contributed by atoms with van der Waals surface area (Å²) >= 11 is 6.06. The minimum absolute atomic E-state index is 0.0721. The van der Waals surface area contributed by atoms with Crippen molar-refractivity contribution in [3.63, 3.8) is 0 Å². The van der Waals surface area contributed by atoms with E-state index in [1.807, 2.05) is 33.0 Å². The van der Waals surface area contributed by atoms with Crippen LogP contribution >= 0.6 is 11.6 Å². The highest BCUT2D eigenvalue weighted by Gasteiger charge is 2.22. The first kappa shape index (κ1) is 19.7.